The third kappa shape index (κ3) is 5.21. The fraction of sp³-hybridized carbons (Fsp3) is 0.400. The first-order valence-electron chi connectivity index (χ1n) is 4.76. The SMILES string of the molecule is CC(SCCS(N)(=O)=O)c1ccc(Cl)cc1. The Kier molecular flexibility index (Phi) is 5.11. The van der Waals surface area contributed by atoms with Crippen LogP contribution in [0.5, 0.6) is 0 Å². The van der Waals surface area contributed by atoms with Gasteiger partial charge in [0.15, 0.2) is 0 Å². The normalized spacial score (nSPS) is 13.7. The van der Waals surface area contributed by atoms with Gasteiger partial charge < -0.3 is 0 Å². The quantitative estimate of drug-likeness (QED) is 0.900. The van der Waals surface area contributed by atoms with Crippen LogP contribution in [0.1, 0.15) is 17.7 Å². The summed E-state index contributed by atoms with van der Waals surface area (Å²) in [5, 5.41) is 5.86. The summed E-state index contributed by atoms with van der Waals surface area (Å²) >= 11 is 7.34. The maximum absolute atomic E-state index is 10.7. The van der Waals surface area contributed by atoms with Crippen molar-refractivity contribution in [2.24, 2.45) is 5.14 Å². The van der Waals surface area contributed by atoms with Crippen LogP contribution >= 0.6 is 23.4 Å². The van der Waals surface area contributed by atoms with Gasteiger partial charge in [-0.25, -0.2) is 13.6 Å². The van der Waals surface area contributed by atoms with Gasteiger partial charge in [0.2, 0.25) is 10.0 Å². The van der Waals surface area contributed by atoms with Crippen LogP contribution in [0, 0.1) is 0 Å². The number of nitrogens with two attached hydrogens (primary N) is 1. The summed E-state index contributed by atoms with van der Waals surface area (Å²) in [7, 11) is -3.35. The summed E-state index contributed by atoms with van der Waals surface area (Å²) in [4.78, 5) is 0. The van der Waals surface area contributed by atoms with Crippen LogP contribution in [0.3, 0.4) is 0 Å². The Morgan fingerprint density at radius 3 is 2.44 bits per heavy atom. The zero-order valence-electron chi connectivity index (χ0n) is 8.89. The zero-order valence-corrected chi connectivity index (χ0v) is 11.3. The molecule has 0 aliphatic carbocycles. The molecule has 0 heterocycles. The maximum atomic E-state index is 10.7. The molecule has 0 bridgehead atoms. The number of hydrogen-bond acceptors (Lipinski definition) is 3. The molecule has 1 aromatic carbocycles. The summed E-state index contributed by atoms with van der Waals surface area (Å²) in [5.41, 5.74) is 1.13. The average Bonchev–Trinajstić information content (AvgIpc) is 2.16. The molecule has 0 saturated carbocycles. The van der Waals surface area contributed by atoms with Crippen molar-refractivity contribution in [3.63, 3.8) is 0 Å². The number of rotatable bonds is 5. The second-order valence-electron chi connectivity index (χ2n) is 3.43. The van der Waals surface area contributed by atoms with Crippen molar-refractivity contribution in [2.45, 2.75) is 12.2 Å². The van der Waals surface area contributed by atoms with Gasteiger partial charge in [0.1, 0.15) is 0 Å². The Balaban J connectivity index is 2.47. The predicted octanol–water partition coefficient (Wildman–Crippen LogP) is 2.42. The maximum Gasteiger partial charge on any atom is 0.209 e. The van der Waals surface area contributed by atoms with Gasteiger partial charge in [0.25, 0.3) is 0 Å². The highest BCUT2D eigenvalue weighted by molar-refractivity contribution is 8.00. The van der Waals surface area contributed by atoms with E-state index in [2.05, 4.69) is 0 Å². The van der Waals surface area contributed by atoms with Crippen molar-refractivity contribution in [3.8, 4) is 0 Å². The lowest BCUT2D eigenvalue weighted by Crippen LogP contribution is -2.18. The molecule has 90 valence electrons. The Morgan fingerprint density at radius 1 is 1.38 bits per heavy atom. The summed E-state index contributed by atoms with van der Waals surface area (Å²) in [6, 6.07) is 7.54. The van der Waals surface area contributed by atoms with E-state index in [0.717, 1.165) is 5.56 Å². The van der Waals surface area contributed by atoms with E-state index < -0.39 is 10.0 Å². The Hall–Kier alpha value is -0.230. The second-order valence-corrected chi connectivity index (χ2v) is 7.05. The van der Waals surface area contributed by atoms with Crippen molar-refractivity contribution in [2.75, 3.05) is 11.5 Å². The first kappa shape index (κ1) is 13.8. The van der Waals surface area contributed by atoms with E-state index in [1.807, 2.05) is 31.2 Å². The van der Waals surface area contributed by atoms with Crippen LogP contribution in [0.15, 0.2) is 24.3 Å². The topological polar surface area (TPSA) is 60.2 Å². The number of benzene rings is 1. The van der Waals surface area contributed by atoms with Gasteiger partial charge in [-0.1, -0.05) is 23.7 Å². The van der Waals surface area contributed by atoms with Crippen LogP contribution in [0.25, 0.3) is 0 Å². The molecule has 0 spiro atoms. The molecule has 3 nitrogen and oxygen atoms in total. The van der Waals surface area contributed by atoms with Gasteiger partial charge in [0.05, 0.1) is 5.75 Å². The lowest BCUT2D eigenvalue weighted by atomic mass is 10.2. The van der Waals surface area contributed by atoms with Crippen molar-refractivity contribution in [1.29, 1.82) is 0 Å². The van der Waals surface area contributed by atoms with Crippen molar-refractivity contribution in [1.82, 2.24) is 0 Å². The predicted molar refractivity (Wildman–Crippen MR) is 70.3 cm³/mol. The van der Waals surface area contributed by atoms with Crippen molar-refractivity contribution < 1.29 is 8.42 Å². The van der Waals surface area contributed by atoms with Gasteiger partial charge >= 0.3 is 0 Å². The lowest BCUT2D eigenvalue weighted by Gasteiger charge is -2.11. The zero-order chi connectivity index (χ0) is 12.2. The Bertz CT molecular complexity index is 431. The molecule has 0 aliphatic rings. The van der Waals surface area contributed by atoms with Crippen LogP contribution in [-0.2, 0) is 10.0 Å². The molecule has 0 aromatic heterocycles. The van der Waals surface area contributed by atoms with E-state index in [1.165, 1.54) is 0 Å². The van der Waals surface area contributed by atoms with E-state index in [9.17, 15) is 8.42 Å². The molecule has 0 fully saturated rings. The van der Waals surface area contributed by atoms with Gasteiger partial charge in [0, 0.05) is 16.0 Å². The molecule has 1 atom stereocenters. The number of primary sulfonamides is 1. The molecule has 1 unspecified atom stereocenters. The first-order valence-corrected chi connectivity index (χ1v) is 7.90. The van der Waals surface area contributed by atoms with E-state index in [4.69, 9.17) is 16.7 Å². The molecular weight excluding hydrogens is 266 g/mol. The summed E-state index contributed by atoms with van der Waals surface area (Å²) in [6.07, 6.45) is 0. The van der Waals surface area contributed by atoms with Gasteiger partial charge in [-0.05, 0) is 24.6 Å². The molecule has 0 aliphatic heterocycles. The smallest absolute Gasteiger partial charge is 0.209 e. The largest absolute Gasteiger partial charge is 0.229 e. The number of halogens is 1. The van der Waals surface area contributed by atoms with Crippen LogP contribution < -0.4 is 5.14 Å². The minimum absolute atomic E-state index is 0.00952. The van der Waals surface area contributed by atoms with Gasteiger partial charge in [-0.3, -0.25) is 0 Å². The highest BCUT2D eigenvalue weighted by atomic mass is 35.5. The average molecular weight is 280 g/mol. The summed E-state index contributed by atoms with van der Waals surface area (Å²) < 4.78 is 21.5. The van der Waals surface area contributed by atoms with Crippen LogP contribution in [0.4, 0.5) is 0 Å². The van der Waals surface area contributed by atoms with E-state index in [-0.39, 0.29) is 11.0 Å². The first-order chi connectivity index (χ1) is 7.38. The summed E-state index contributed by atoms with van der Waals surface area (Å²) in [6.45, 7) is 2.02. The monoisotopic (exact) mass is 279 g/mol. The Morgan fingerprint density at radius 2 is 1.94 bits per heavy atom. The van der Waals surface area contributed by atoms with E-state index in [1.54, 1.807) is 11.8 Å². The molecule has 0 radical (unpaired) electrons. The summed E-state index contributed by atoms with van der Waals surface area (Å²) in [5.74, 6) is 0.512. The van der Waals surface area contributed by atoms with Crippen molar-refractivity contribution in [3.05, 3.63) is 34.9 Å². The molecule has 1 aromatic rings. The Labute approximate surface area is 105 Å². The van der Waals surface area contributed by atoms with Crippen LogP contribution in [0.2, 0.25) is 5.02 Å². The molecule has 0 amide bonds. The molecule has 0 saturated heterocycles. The number of sulfonamides is 1. The molecule has 16 heavy (non-hydrogen) atoms. The highest BCUT2D eigenvalue weighted by Crippen LogP contribution is 2.28. The fourth-order valence-electron chi connectivity index (χ4n) is 1.17. The highest BCUT2D eigenvalue weighted by Gasteiger charge is 2.08. The molecule has 1 rings (SSSR count). The number of thioether (sulfide) groups is 1. The lowest BCUT2D eigenvalue weighted by molar-refractivity contribution is 0.599. The van der Waals surface area contributed by atoms with Crippen molar-refractivity contribution >= 4 is 33.4 Å². The second kappa shape index (κ2) is 5.91. The van der Waals surface area contributed by atoms with Gasteiger partial charge in [-0.15, -0.1) is 0 Å². The standard InChI is InChI=1S/C10H14ClNO2S2/c1-8(15-6-7-16(12,13)14)9-2-4-10(11)5-3-9/h2-5,8H,6-7H2,1H3,(H2,12,13,14). The fourth-order valence-corrected chi connectivity index (χ4v) is 3.31. The van der Waals surface area contributed by atoms with Gasteiger partial charge in [-0.2, -0.15) is 11.8 Å². The molecule has 2 N–H and O–H groups in total. The number of hydrogen-bond donors (Lipinski definition) is 1. The molecular formula is C10H14ClNO2S2. The minimum Gasteiger partial charge on any atom is -0.229 e. The third-order valence-corrected chi connectivity index (χ3v) is 4.57. The van der Waals surface area contributed by atoms with E-state index >= 15 is 0 Å². The van der Waals surface area contributed by atoms with E-state index in [0.29, 0.717) is 10.8 Å². The molecule has 6 heteroatoms. The third-order valence-electron chi connectivity index (χ3n) is 2.08. The minimum atomic E-state index is -3.35. The van der Waals surface area contributed by atoms with Crippen LogP contribution in [-0.4, -0.2) is 19.9 Å².